The van der Waals surface area contributed by atoms with Gasteiger partial charge in [0.1, 0.15) is 5.75 Å². The normalized spacial score (nSPS) is 14.5. The van der Waals surface area contributed by atoms with Gasteiger partial charge >= 0.3 is 12.0 Å². The van der Waals surface area contributed by atoms with Gasteiger partial charge in [-0.2, -0.15) is 0 Å². The van der Waals surface area contributed by atoms with E-state index in [2.05, 4.69) is 10.2 Å². The van der Waals surface area contributed by atoms with Crippen LogP contribution in [0, 0.1) is 0 Å². The van der Waals surface area contributed by atoms with Crippen molar-refractivity contribution in [3.63, 3.8) is 0 Å². The monoisotopic (exact) mass is 551 g/mol. The number of carbonyl (C=O) groups excluding carboxylic acids is 2. The molecule has 1 N–H and O–H groups in total. The van der Waals surface area contributed by atoms with Gasteiger partial charge < -0.3 is 24.4 Å². The van der Waals surface area contributed by atoms with E-state index in [1.165, 1.54) is 7.11 Å². The Hall–Kier alpha value is -3.59. The van der Waals surface area contributed by atoms with Crippen molar-refractivity contribution in [3.8, 4) is 5.75 Å². The maximum atomic E-state index is 12.7. The van der Waals surface area contributed by atoms with Crippen molar-refractivity contribution in [1.82, 2.24) is 15.1 Å². The summed E-state index contributed by atoms with van der Waals surface area (Å²) in [5.74, 6) is 0.400. The quantitative estimate of drug-likeness (QED) is 0.360. The van der Waals surface area contributed by atoms with Crippen molar-refractivity contribution >= 4 is 23.6 Å². The molecular weight excluding hydrogens is 518 g/mol. The highest BCUT2D eigenvalue weighted by atomic mass is 35.5. The van der Waals surface area contributed by atoms with Crippen molar-refractivity contribution in [2.75, 3.05) is 46.9 Å². The minimum absolute atomic E-state index is 0.0921. The molecule has 206 valence electrons. The minimum atomic E-state index is -0.367. The van der Waals surface area contributed by atoms with E-state index < -0.39 is 0 Å². The van der Waals surface area contributed by atoms with Crippen LogP contribution in [0.2, 0.25) is 5.02 Å². The number of carbonyl (C=O) groups is 2. The van der Waals surface area contributed by atoms with Crippen LogP contribution < -0.4 is 10.1 Å². The van der Waals surface area contributed by atoms with Crippen LogP contribution in [0.3, 0.4) is 0 Å². The van der Waals surface area contributed by atoms with Gasteiger partial charge in [0.15, 0.2) is 0 Å². The van der Waals surface area contributed by atoms with Gasteiger partial charge in [0.2, 0.25) is 0 Å². The van der Waals surface area contributed by atoms with E-state index in [9.17, 15) is 9.59 Å². The van der Waals surface area contributed by atoms with Gasteiger partial charge in [0.05, 0.1) is 32.5 Å². The highest BCUT2D eigenvalue weighted by Crippen LogP contribution is 2.25. The second kappa shape index (κ2) is 14.0. The highest BCUT2D eigenvalue weighted by Gasteiger charge is 2.24. The zero-order valence-electron chi connectivity index (χ0n) is 22.3. The molecule has 3 aromatic carbocycles. The SMILES string of the molecule is COC(=O)c1ccc(COC(CN2CCN(C(=O)NCc3ccccc3Cl)CC2)c2cccc(OC)c2)cc1. The smallest absolute Gasteiger partial charge is 0.337 e. The second-order valence-corrected chi connectivity index (χ2v) is 9.71. The summed E-state index contributed by atoms with van der Waals surface area (Å²) >= 11 is 6.21. The minimum Gasteiger partial charge on any atom is -0.497 e. The number of piperazine rings is 1. The number of urea groups is 1. The lowest BCUT2D eigenvalue weighted by Gasteiger charge is -2.36. The first kappa shape index (κ1) is 28.4. The van der Waals surface area contributed by atoms with Gasteiger partial charge in [0, 0.05) is 44.3 Å². The first-order valence-electron chi connectivity index (χ1n) is 12.9. The number of hydrogen-bond acceptors (Lipinski definition) is 6. The molecule has 1 unspecified atom stereocenters. The summed E-state index contributed by atoms with van der Waals surface area (Å²) in [4.78, 5) is 28.6. The molecule has 0 bridgehead atoms. The van der Waals surface area contributed by atoms with Crippen LogP contribution in [-0.4, -0.2) is 68.7 Å². The predicted molar refractivity (Wildman–Crippen MR) is 150 cm³/mol. The number of benzene rings is 3. The fourth-order valence-electron chi connectivity index (χ4n) is 4.44. The number of halogens is 1. The first-order valence-corrected chi connectivity index (χ1v) is 13.3. The summed E-state index contributed by atoms with van der Waals surface area (Å²) in [5.41, 5.74) is 3.36. The average molecular weight is 552 g/mol. The zero-order valence-corrected chi connectivity index (χ0v) is 23.0. The van der Waals surface area contributed by atoms with Crippen LogP contribution in [0.1, 0.15) is 33.2 Å². The van der Waals surface area contributed by atoms with Gasteiger partial charge in [-0.1, -0.05) is 54.1 Å². The summed E-state index contributed by atoms with van der Waals surface area (Å²) in [5, 5.41) is 3.62. The Labute approximate surface area is 234 Å². The van der Waals surface area contributed by atoms with Crippen LogP contribution >= 0.6 is 11.6 Å². The molecule has 2 amide bonds. The Kier molecular flexibility index (Phi) is 10.2. The Morgan fingerprint density at radius 3 is 2.38 bits per heavy atom. The standard InChI is InChI=1S/C30H34ClN3O5/c1-37-26-8-5-7-24(18-26)28(39-21-22-10-12-23(13-11-22)29(35)38-2)20-33-14-16-34(17-15-33)30(36)32-19-25-6-3-4-9-27(25)31/h3-13,18,28H,14-17,19-21H2,1-2H3,(H,32,36). The number of hydrogen-bond donors (Lipinski definition) is 1. The Bertz CT molecular complexity index is 1250. The molecule has 4 rings (SSSR count). The van der Waals surface area contributed by atoms with Gasteiger partial charge in [-0.15, -0.1) is 0 Å². The summed E-state index contributed by atoms with van der Waals surface area (Å²) in [6.07, 6.45) is -0.207. The first-order chi connectivity index (χ1) is 19.0. The van der Waals surface area contributed by atoms with E-state index in [1.54, 1.807) is 19.2 Å². The lowest BCUT2D eigenvalue weighted by Crippen LogP contribution is -2.52. The summed E-state index contributed by atoms with van der Waals surface area (Å²) < 4.78 is 16.6. The van der Waals surface area contributed by atoms with Gasteiger partial charge in [-0.05, 0) is 47.0 Å². The fourth-order valence-corrected chi connectivity index (χ4v) is 4.64. The molecule has 0 aliphatic carbocycles. The van der Waals surface area contributed by atoms with E-state index in [0.29, 0.717) is 43.4 Å². The molecule has 39 heavy (non-hydrogen) atoms. The summed E-state index contributed by atoms with van der Waals surface area (Å²) in [6.45, 7) is 4.15. The van der Waals surface area contributed by atoms with E-state index in [0.717, 1.165) is 35.5 Å². The van der Waals surface area contributed by atoms with E-state index in [4.69, 9.17) is 25.8 Å². The molecule has 1 aliphatic rings. The molecule has 8 nitrogen and oxygen atoms in total. The number of rotatable bonds is 10. The van der Waals surface area contributed by atoms with Crippen molar-refractivity contribution in [1.29, 1.82) is 0 Å². The molecule has 1 saturated heterocycles. The molecule has 0 saturated carbocycles. The second-order valence-electron chi connectivity index (χ2n) is 9.30. The lowest BCUT2D eigenvalue weighted by atomic mass is 10.1. The van der Waals surface area contributed by atoms with Gasteiger partial charge in [-0.3, -0.25) is 4.90 Å². The number of nitrogens with zero attached hydrogens (tertiary/aromatic N) is 2. The van der Waals surface area contributed by atoms with Crippen molar-refractivity contribution in [3.05, 3.63) is 100 Å². The molecule has 3 aromatic rings. The molecule has 1 atom stereocenters. The molecule has 0 spiro atoms. The van der Waals surface area contributed by atoms with Crippen molar-refractivity contribution in [2.45, 2.75) is 19.3 Å². The number of amides is 2. The third-order valence-corrected chi connectivity index (χ3v) is 7.13. The zero-order chi connectivity index (χ0) is 27.6. The molecule has 1 fully saturated rings. The summed E-state index contributed by atoms with van der Waals surface area (Å²) in [6, 6.07) is 22.5. The maximum absolute atomic E-state index is 12.7. The average Bonchev–Trinajstić information content (AvgIpc) is 2.99. The lowest BCUT2D eigenvalue weighted by molar-refractivity contribution is 0.00544. The van der Waals surface area contributed by atoms with Crippen molar-refractivity contribution in [2.24, 2.45) is 0 Å². The molecule has 1 heterocycles. The van der Waals surface area contributed by atoms with Gasteiger partial charge in [-0.25, -0.2) is 9.59 Å². The van der Waals surface area contributed by atoms with Crippen molar-refractivity contribution < 1.29 is 23.8 Å². The Morgan fingerprint density at radius 2 is 1.69 bits per heavy atom. The predicted octanol–water partition coefficient (Wildman–Crippen LogP) is 4.92. The fraction of sp³-hybridized carbons (Fsp3) is 0.333. The molecule has 9 heteroatoms. The number of nitrogens with one attached hydrogen (secondary N) is 1. The third-order valence-electron chi connectivity index (χ3n) is 6.76. The topological polar surface area (TPSA) is 80.3 Å². The molecule has 0 aromatic heterocycles. The highest BCUT2D eigenvalue weighted by molar-refractivity contribution is 6.31. The Morgan fingerprint density at radius 1 is 0.949 bits per heavy atom. The van der Waals surface area contributed by atoms with Crippen LogP contribution in [-0.2, 0) is 22.6 Å². The van der Waals surface area contributed by atoms with Gasteiger partial charge in [0.25, 0.3) is 0 Å². The molecule has 0 radical (unpaired) electrons. The van der Waals surface area contributed by atoms with Crippen LogP contribution in [0.25, 0.3) is 0 Å². The number of methoxy groups -OCH3 is 2. The third kappa shape index (κ3) is 7.95. The number of esters is 1. The summed E-state index contributed by atoms with van der Waals surface area (Å²) in [7, 11) is 3.01. The maximum Gasteiger partial charge on any atom is 0.337 e. The van der Waals surface area contributed by atoms with E-state index >= 15 is 0 Å². The van der Waals surface area contributed by atoms with E-state index in [1.807, 2.05) is 65.6 Å². The van der Waals surface area contributed by atoms with Crippen LogP contribution in [0.4, 0.5) is 4.79 Å². The molecular formula is C30H34ClN3O5. The number of ether oxygens (including phenoxy) is 3. The van der Waals surface area contributed by atoms with Crippen LogP contribution in [0.15, 0.2) is 72.8 Å². The Balaban J connectivity index is 1.34. The molecule has 1 aliphatic heterocycles. The van der Waals surface area contributed by atoms with Crippen LogP contribution in [0.5, 0.6) is 5.75 Å². The van der Waals surface area contributed by atoms with E-state index in [-0.39, 0.29) is 18.1 Å². The largest absolute Gasteiger partial charge is 0.497 e.